The molecule has 1 aliphatic carbocycles. The number of H-pyrrole nitrogens is 1. The van der Waals surface area contributed by atoms with Crippen molar-refractivity contribution in [3.63, 3.8) is 0 Å². The second-order valence-corrected chi connectivity index (χ2v) is 6.53. The molecule has 0 saturated heterocycles. The van der Waals surface area contributed by atoms with Crippen LogP contribution in [0.4, 0.5) is 0 Å². The summed E-state index contributed by atoms with van der Waals surface area (Å²) >= 11 is 1.44. The van der Waals surface area contributed by atoms with Crippen LogP contribution in [0.15, 0.2) is 35.1 Å². The fraction of sp³-hybridized carbons (Fsp3) is 0.235. The molecule has 0 unspecified atom stereocenters. The molecule has 124 valence electrons. The van der Waals surface area contributed by atoms with Crippen molar-refractivity contribution in [1.82, 2.24) is 9.97 Å². The first-order valence-corrected chi connectivity index (χ1v) is 8.43. The van der Waals surface area contributed by atoms with Crippen LogP contribution in [0.25, 0.3) is 10.2 Å². The van der Waals surface area contributed by atoms with Gasteiger partial charge in [-0.3, -0.25) is 4.79 Å². The third-order valence-corrected chi connectivity index (χ3v) is 5.04. The lowest BCUT2D eigenvalue weighted by molar-refractivity contribution is 0.0683. The average molecular weight is 343 g/mol. The molecule has 0 radical (unpaired) electrons. The predicted molar refractivity (Wildman–Crippen MR) is 93.6 cm³/mol. The third-order valence-electron chi connectivity index (χ3n) is 3.86. The van der Waals surface area contributed by atoms with Gasteiger partial charge in [-0.1, -0.05) is 30.3 Å². The summed E-state index contributed by atoms with van der Waals surface area (Å²) in [6, 6.07) is 9.99. The number of hydrogen-bond acceptors (Lipinski definition) is 5. The second kappa shape index (κ2) is 6.94. The fourth-order valence-electron chi connectivity index (χ4n) is 2.72. The van der Waals surface area contributed by atoms with E-state index in [9.17, 15) is 9.59 Å². The summed E-state index contributed by atoms with van der Waals surface area (Å²) in [6.45, 7) is 0.640. The zero-order valence-electron chi connectivity index (χ0n) is 12.9. The SMILES string of the molecule is NCc1ccccc1.O=C(O)c1nc2sc3c(c2c(=O)[nH]1)CCC3. The highest BCUT2D eigenvalue weighted by Gasteiger charge is 2.21. The van der Waals surface area contributed by atoms with Gasteiger partial charge in [0.2, 0.25) is 5.82 Å². The monoisotopic (exact) mass is 343 g/mol. The number of nitrogens with two attached hydrogens (primary N) is 1. The lowest BCUT2D eigenvalue weighted by atomic mass is 10.2. The fourth-order valence-corrected chi connectivity index (χ4v) is 3.98. The largest absolute Gasteiger partial charge is 0.475 e. The van der Waals surface area contributed by atoms with E-state index in [0.29, 0.717) is 16.8 Å². The molecule has 0 aliphatic heterocycles. The van der Waals surface area contributed by atoms with Crippen molar-refractivity contribution < 1.29 is 9.90 Å². The summed E-state index contributed by atoms with van der Waals surface area (Å²) < 4.78 is 0. The Morgan fingerprint density at radius 1 is 1.29 bits per heavy atom. The molecule has 0 spiro atoms. The molecule has 2 aromatic heterocycles. The molecule has 3 aromatic rings. The first-order chi connectivity index (χ1) is 11.6. The topological polar surface area (TPSA) is 109 Å². The first-order valence-electron chi connectivity index (χ1n) is 7.62. The Hall–Kier alpha value is -2.51. The van der Waals surface area contributed by atoms with Gasteiger partial charge in [-0.05, 0) is 30.4 Å². The number of benzene rings is 1. The molecular weight excluding hydrogens is 326 g/mol. The van der Waals surface area contributed by atoms with Gasteiger partial charge >= 0.3 is 5.97 Å². The minimum absolute atomic E-state index is 0.280. The molecule has 2 heterocycles. The van der Waals surface area contributed by atoms with Crippen LogP contribution in [-0.2, 0) is 19.4 Å². The number of fused-ring (bicyclic) bond motifs is 3. The van der Waals surface area contributed by atoms with Gasteiger partial charge in [0, 0.05) is 11.4 Å². The standard InChI is InChI=1S/C10H8N2O3S.C7H9N/c13-8-6-4-2-1-3-5(4)16-9(6)12-7(11-8)10(14)15;8-6-7-4-2-1-3-5-7/h1-3H2,(H,14,15)(H,11,12,13);1-5H,6,8H2. The van der Waals surface area contributed by atoms with Crippen molar-refractivity contribution in [2.45, 2.75) is 25.8 Å². The van der Waals surface area contributed by atoms with E-state index in [1.165, 1.54) is 21.8 Å². The summed E-state index contributed by atoms with van der Waals surface area (Å²) in [5, 5.41) is 9.37. The van der Waals surface area contributed by atoms with Crippen molar-refractivity contribution in [3.8, 4) is 0 Å². The average Bonchev–Trinajstić information content (AvgIpc) is 3.16. The summed E-state index contributed by atoms with van der Waals surface area (Å²) in [5.41, 5.74) is 7.27. The van der Waals surface area contributed by atoms with E-state index in [0.717, 1.165) is 24.8 Å². The number of carboxylic acid groups (broad SMARTS) is 1. The zero-order valence-corrected chi connectivity index (χ0v) is 13.7. The van der Waals surface area contributed by atoms with E-state index < -0.39 is 5.97 Å². The highest BCUT2D eigenvalue weighted by atomic mass is 32.1. The molecule has 24 heavy (non-hydrogen) atoms. The third kappa shape index (κ3) is 3.22. The number of aryl methyl sites for hydroxylation is 2. The molecule has 0 atom stereocenters. The molecule has 0 amide bonds. The van der Waals surface area contributed by atoms with Gasteiger partial charge in [0.25, 0.3) is 5.56 Å². The minimum Gasteiger partial charge on any atom is -0.475 e. The van der Waals surface area contributed by atoms with Crippen LogP contribution in [0, 0.1) is 0 Å². The molecule has 1 aliphatic rings. The second-order valence-electron chi connectivity index (χ2n) is 5.45. The molecule has 0 bridgehead atoms. The van der Waals surface area contributed by atoms with Gasteiger partial charge in [0.1, 0.15) is 4.83 Å². The van der Waals surface area contributed by atoms with Crippen LogP contribution >= 0.6 is 11.3 Å². The normalized spacial score (nSPS) is 12.5. The van der Waals surface area contributed by atoms with Gasteiger partial charge in [-0.2, -0.15) is 0 Å². The van der Waals surface area contributed by atoms with Gasteiger partial charge in [0.15, 0.2) is 0 Å². The van der Waals surface area contributed by atoms with Crippen LogP contribution in [0.3, 0.4) is 0 Å². The molecule has 0 fully saturated rings. The highest BCUT2D eigenvalue weighted by molar-refractivity contribution is 7.18. The minimum atomic E-state index is -1.20. The van der Waals surface area contributed by atoms with E-state index >= 15 is 0 Å². The maximum atomic E-state index is 11.8. The van der Waals surface area contributed by atoms with Gasteiger partial charge in [0.05, 0.1) is 5.39 Å². The van der Waals surface area contributed by atoms with Crippen molar-refractivity contribution in [2.75, 3.05) is 0 Å². The van der Waals surface area contributed by atoms with Crippen molar-refractivity contribution >= 4 is 27.5 Å². The number of hydrogen-bond donors (Lipinski definition) is 3. The van der Waals surface area contributed by atoms with Gasteiger partial charge in [-0.15, -0.1) is 11.3 Å². The Bertz CT molecular complexity index is 931. The summed E-state index contributed by atoms with van der Waals surface area (Å²) in [4.78, 5) is 30.5. The molecule has 7 heteroatoms. The first kappa shape index (κ1) is 16.4. The Balaban J connectivity index is 0.000000179. The van der Waals surface area contributed by atoms with E-state index in [-0.39, 0.29) is 11.4 Å². The summed E-state index contributed by atoms with van der Waals surface area (Å²) in [5.74, 6) is -1.48. The summed E-state index contributed by atoms with van der Waals surface area (Å²) in [6.07, 6.45) is 2.93. The number of nitrogens with zero attached hydrogens (tertiary/aromatic N) is 1. The van der Waals surface area contributed by atoms with Crippen molar-refractivity contribution in [3.05, 3.63) is 62.5 Å². The molecule has 0 saturated carbocycles. The van der Waals surface area contributed by atoms with Crippen molar-refractivity contribution in [2.24, 2.45) is 5.73 Å². The Kier molecular flexibility index (Phi) is 4.73. The predicted octanol–water partition coefficient (Wildman–Crippen LogP) is 2.32. The smallest absolute Gasteiger partial charge is 0.372 e. The number of rotatable bonds is 2. The Labute approximate surface area is 142 Å². The number of carbonyl (C=O) groups is 1. The zero-order chi connectivity index (χ0) is 17.1. The number of aromatic nitrogens is 2. The highest BCUT2D eigenvalue weighted by Crippen LogP contribution is 2.34. The quantitative estimate of drug-likeness (QED) is 0.661. The molecular formula is C17H17N3O3S. The Morgan fingerprint density at radius 2 is 2.04 bits per heavy atom. The molecule has 4 rings (SSSR count). The lowest BCUT2D eigenvalue weighted by Gasteiger charge is -1.95. The number of thiophene rings is 1. The number of aromatic carboxylic acids is 1. The lowest BCUT2D eigenvalue weighted by Crippen LogP contribution is -2.15. The Morgan fingerprint density at radius 3 is 2.67 bits per heavy atom. The van der Waals surface area contributed by atoms with Crippen molar-refractivity contribution in [1.29, 1.82) is 0 Å². The van der Waals surface area contributed by atoms with Crippen LogP contribution < -0.4 is 11.3 Å². The van der Waals surface area contributed by atoms with E-state index in [1.807, 2.05) is 30.3 Å². The van der Waals surface area contributed by atoms with Gasteiger partial charge in [-0.25, -0.2) is 9.78 Å². The maximum Gasteiger partial charge on any atom is 0.372 e. The number of nitrogens with one attached hydrogen (secondary N) is 1. The van der Waals surface area contributed by atoms with Crippen LogP contribution in [0.5, 0.6) is 0 Å². The van der Waals surface area contributed by atoms with Crippen LogP contribution in [-0.4, -0.2) is 21.0 Å². The van der Waals surface area contributed by atoms with E-state index in [2.05, 4.69) is 9.97 Å². The van der Waals surface area contributed by atoms with Crippen LogP contribution in [0.1, 0.15) is 33.0 Å². The summed E-state index contributed by atoms with van der Waals surface area (Å²) in [7, 11) is 0. The van der Waals surface area contributed by atoms with Gasteiger partial charge < -0.3 is 15.8 Å². The maximum absolute atomic E-state index is 11.8. The van der Waals surface area contributed by atoms with E-state index in [4.69, 9.17) is 10.8 Å². The van der Waals surface area contributed by atoms with E-state index in [1.54, 1.807) is 0 Å². The number of carboxylic acids is 1. The van der Waals surface area contributed by atoms with Crippen LogP contribution in [0.2, 0.25) is 0 Å². The molecule has 4 N–H and O–H groups in total. The molecule has 6 nitrogen and oxygen atoms in total. The molecule has 1 aromatic carbocycles. The number of aromatic amines is 1.